The lowest BCUT2D eigenvalue weighted by molar-refractivity contribution is -0.115. The summed E-state index contributed by atoms with van der Waals surface area (Å²) in [5.41, 5.74) is 2.96. The van der Waals surface area contributed by atoms with Crippen LogP contribution in [0.4, 0.5) is 5.69 Å². The molecule has 8 nitrogen and oxygen atoms in total. The van der Waals surface area contributed by atoms with Gasteiger partial charge in [0.2, 0.25) is 5.91 Å². The first-order valence-electron chi connectivity index (χ1n) is 10.9. The lowest BCUT2D eigenvalue weighted by Crippen LogP contribution is -2.20. The maximum absolute atomic E-state index is 12.8. The van der Waals surface area contributed by atoms with Gasteiger partial charge in [0, 0.05) is 24.0 Å². The molecular weight excluding hydrogens is 472 g/mol. The molecule has 10 heteroatoms. The zero-order chi connectivity index (χ0) is 23.8. The zero-order valence-corrected chi connectivity index (χ0v) is 20.3. The number of esters is 1. The molecule has 0 aliphatic carbocycles. The van der Waals surface area contributed by atoms with Crippen LogP contribution in [-0.2, 0) is 35.5 Å². The average Bonchev–Trinajstić information content (AvgIpc) is 3.53. The van der Waals surface area contributed by atoms with Crippen LogP contribution >= 0.6 is 22.7 Å². The van der Waals surface area contributed by atoms with Crippen LogP contribution in [0.5, 0.6) is 0 Å². The first kappa shape index (κ1) is 22.4. The first-order valence-corrected chi connectivity index (χ1v) is 12.6. The standard InChI is InChI=1S/C24H22N4O4S2/c1-13-5-7-15(8-6-13)25-18(29)10-19-26-16(12-33-19)11-32-24(31)21-14(2)20-22(34-21)27-17-4-3-9-28(17)23(20)30/h5-8,12H,3-4,9-11H2,1-2H3,(H,25,29). The van der Waals surface area contributed by atoms with Crippen molar-refractivity contribution in [3.05, 3.63) is 72.5 Å². The number of carbonyl (C=O) groups excluding carboxylic acids is 2. The summed E-state index contributed by atoms with van der Waals surface area (Å²) in [7, 11) is 0. The number of thiazole rings is 1. The van der Waals surface area contributed by atoms with E-state index in [-0.39, 0.29) is 24.5 Å². The quantitative estimate of drug-likeness (QED) is 0.406. The summed E-state index contributed by atoms with van der Waals surface area (Å²) >= 11 is 2.54. The molecule has 0 saturated carbocycles. The Hall–Kier alpha value is -3.37. The van der Waals surface area contributed by atoms with E-state index in [1.165, 1.54) is 22.7 Å². The number of nitrogens with zero attached hydrogens (tertiary/aromatic N) is 3. The molecule has 34 heavy (non-hydrogen) atoms. The van der Waals surface area contributed by atoms with Gasteiger partial charge >= 0.3 is 5.97 Å². The molecule has 174 valence electrons. The second-order valence-electron chi connectivity index (χ2n) is 8.22. The smallest absolute Gasteiger partial charge is 0.349 e. The minimum atomic E-state index is -0.503. The summed E-state index contributed by atoms with van der Waals surface area (Å²) in [5, 5.41) is 5.76. The Morgan fingerprint density at radius 3 is 2.76 bits per heavy atom. The fourth-order valence-corrected chi connectivity index (χ4v) is 5.81. The van der Waals surface area contributed by atoms with Crippen LogP contribution in [-0.4, -0.2) is 26.4 Å². The molecule has 3 aromatic heterocycles. The Balaban J connectivity index is 1.22. The molecule has 4 aromatic rings. The predicted octanol–water partition coefficient (Wildman–Crippen LogP) is 4.02. The fraction of sp³-hybridized carbons (Fsp3) is 0.292. The van der Waals surface area contributed by atoms with E-state index in [2.05, 4.69) is 15.3 Å². The van der Waals surface area contributed by atoms with E-state index in [9.17, 15) is 14.4 Å². The number of rotatable bonds is 6. The second kappa shape index (κ2) is 9.11. The van der Waals surface area contributed by atoms with Crippen molar-refractivity contribution in [3.8, 4) is 0 Å². The van der Waals surface area contributed by atoms with Gasteiger partial charge in [0.1, 0.15) is 27.1 Å². The maximum Gasteiger partial charge on any atom is 0.349 e. The van der Waals surface area contributed by atoms with Crippen LogP contribution in [0.1, 0.15) is 43.7 Å². The highest BCUT2D eigenvalue weighted by Crippen LogP contribution is 2.29. The highest BCUT2D eigenvalue weighted by molar-refractivity contribution is 7.20. The number of hydrogen-bond donors (Lipinski definition) is 1. The van der Waals surface area contributed by atoms with Crippen molar-refractivity contribution in [1.82, 2.24) is 14.5 Å². The first-order chi connectivity index (χ1) is 16.4. The number of anilines is 1. The molecule has 0 fully saturated rings. The molecule has 0 radical (unpaired) electrons. The van der Waals surface area contributed by atoms with Gasteiger partial charge in [0.15, 0.2) is 0 Å². The van der Waals surface area contributed by atoms with Crippen LogP contribution in [0.3, 0.4) is 0 Å². The van der Waals surface area contributed by atoms with Crippen molar-refractivity contribution in [3.63, 3.8) is 0 Å². The van der Waals surface area contributed by atoms with E-state index >= 15 is 0 Å². The van der Waals surface area contributed by atoms with Gasteiger partial charge in [-0.05, 0) is 38.0 Å². The highest BCUT2D eigenvalue weighted by atomic mass is 32.1. The van der Waals surface area contributed by atoms with E-state index < -0.39 is 5.97 Å². The van der Waals surface area contributed by atoms with E-state index in [1.807, 2.05) is 31.2 Å². The number of benzene rings is 1. The number of aryl methyl sites for hydroxylation is 3. The third kappa shape index (κ3) is 4.38. The summed E-state index contributed by atoms with van der Waals surface area (Å²) in [5.74, 6) is 0.116. The monoisotopic (exact) mass is 494 g/mol. The van der Waals surface area contributed by atoms with Crippen LogP contribution in [0.25, 0.3) is 10.2 Å². The number of aromatic nitrogens is 3. The van der Waals surface area contributed by atoms with Gasteiger partial charge in [0.25, 0.3) is 5.56 Å². The Kier molecular flexibility index (Phi) is 6.01. The molecule has 0 unspecified atom stereocenters. The molecule has 0 atom stereocenters. The Morgan fingerprint density at radius 2 is 1.97 bits per heavy atom. The molecule has 0 spiro atoms. The van der Waals surface area contributed by atoms with Crippen molar-refractivity contribution in [2.75, 3.05) is 5.32 Å². The minimum Gasteiger partial charge on any atom is -0.455 e. The van der Waals surface area contributed by atoms with E-state index in [0.717, 1.165) is 29.9 Å². The molecular formula is C24H22N4O4S2. The summed E-state index contributed by atoms with van der Waals surface area (Å²) in [6.07, 6.45) is 1.83. The van der Waals surface area contributed by atoms with Crippen molar-refractivity contribution >= 4 is 50.5 Å². The number of thiophene rings is 1. The number of carbonyl (C=O) groups is 2. The van der Waals surface area contributed by atoms with Crippen molar-refractivity contribution in [2.45, 2.75) is 46.3 Å². The van der Waals surface area contributed by atoms with Gasteiger partial charge in [0.05, 0.1) is 17.5 Å². The topological polar surface area (TPSA) is 103 Å². The van der Waals surface area contributed by atoms with Gasteiger partial charge in [-0.3, -0.25) is 14.2 Å². The van der Waals surface area contributed by atoms with Gasteiger partial charge in [-0.2, -0.15) is 0 Å². The zero-order valence-electron chi connectivity index (χ0n) is 18.7. The lowest BCUT2D eigenvalue weighted by Gasteiger charge is -2.04. The molecule has 1 amide bonds. The molecule has 4 heterocycles. The van der Waals surface area contributed by atoms with Crippen LogP contribution in [0.2, 0.25) is 0 Å². The maximum atomic E-state index is 12.8. The Labute approximate surface area is 203 Å². The lowest BCUT2D eigenvalue weighted by atomic mass is 10.2. The van der Waals surface area contributed by atoms with E-state index in [0.29, 0.717) is 37.9 Å². The summed E-state index contributed by atoms with van der Waals surface area (Å²) < 4.78 is 7.17. The van der Waals surface area contributed by atoms with Crippen LogP contribution in [0.15, 0.2) is 34.4 Å². The SMILES string of the molecule is Cc1ccc(NC(=O)Cc2nc(COC(=O)c3sc4nc5n(c(=O)c4c3C)CCC5)cs2)cc1. The summed E-state index contributed by atoms with van der Waals surface area (Å²) in [6, 6.07) is 7.58. The Morgan fingerprint density at radius 1 is 1.18 bits per heavy atom. The second-order valence-corrected chi connectivity index (χ2v) is 10.2. The predicted molar refractivity (Wildman–Crippen MR) is 132 cm³/mol. The van der Waals surface area contributed by atoms with Gasteiger partial charge < -0.3 is 10.1 Å². The van der Waals surface area contributed by atoms with Gasteiger partial charge in [-0.25, -0.2) is 14.8 Å². The third-order valence-electron chi connectivity index (χ3n) is 5.69. The number of fused-ring (bicyclic) bond motifs is 2. The normalized spacial score (nSPS) is 12.6. The molecule has 1 aromatic carbocycles. The van der Waals surface area contributed by atoms with Crippen molar-refractivity contribution in [2.24, 2.45) is 0 Å². The fourth-order valence-electron chi connectivity index (χ4n) is 3.95. The average molecular weight is 495 g/mol. The molecule has 1 aliphatic rings. The van der Waals surface area contributed by atoms with Crippen molar-refractivity contribution < 1.29 is 14.3 Å². The van der Waals surface area contributed by atoms with Crippen LogP contribution < -0.4 is 10.9 Å². The van der Waals surface area contributed by atoms with Crippen LogP contribution in [0, 0.1) is 13.8 Å². The molecule has 0 bridgehead atoms. The largest absolute Gasteiger partial charge is 0.455 e. The van der Waals surface area contributed by atoms with Gasteiger partial charge in [-0.1, -0.05) is 17.7 Å². The van der Waals surface area contributed by atoms with Crippen molar-refractivity contribution in [1.29, 1.82) is 0 Å². The third-order valence-corrected chi connectivity index (χ3v) is 7.76. The van der Waals surface area contributed by atoms with E-state index in [1.54, 1.807) is 16.9 Å². The van der Waals surface area contributed by atoms with Gasteiger partial charge in [-0.15, -0.1) is 22.7 Å². The Bertz CT molecular complexity index is 1470. The minimum absolute atomic E-state index is 0.00842. The molecule has 0 saturated heterocycles. The number of ether oxygens (including phenoxy) is 1. The number of nitrogens with one attached hydrogen (secondary N) is 1. The molecule has 1 aliphatic heterocycles. The van der Waals surface area contributed by atoms with E-state index in [4.69, 9.17) is 4.74 Å². The molecule has 5 rings (SSSR count). The number of hydrogen-bond acceptors (Lipinski definition) is 8. The molecule has 1 N–H and O–H groups in total. The summed E-state index contributed by atoms with van der Waals surface area (Å²) in [6.45, 7) is 4.40. The highest BCUT2D eigenvalue weighted by Gasteiger charge is 2.24. The summed E-state index contributed by atoms with van der Waals surface area (Å²) in [4.78, 5) is 47.8. The number of amides is 1.